The molecule has 1 aliphatic heterocycles. The number of aromatic nitrogens is 2. The van der Waals surface area contributed by atoms with Crippen LogP contribution in [0.25, 0.3) is 10.2 Å². The number of fused-ring (bicyclic) bond motifs is 1. The lowest BCUT2D eigenvalue weighted by Gasteiger charge is -2.39. The summed E-state index contributed by atoms with van der Waals surface area (Å²) < 4.78 is 0. The summed E-state index contributed by atoms with van der Waals surface area (Å²) in [7, 11) is 0. The van der Waals surface area contributed by atoms with Crippen molar-refractivity contribution in [1.82, 2.24) is 9.97 Å². The molecule has 1 saturated carbocycles. The van der Waals surface area contributed by atoms with Crippen molar-refractivity contribution in [2.24, 2.45) is 5.92 Å². The van der Waals surface area contributed by atoms with Crippen LogP contribution >= 0.6 is 11.3 Å². The molecule has 116 valence electrons. The van der Waals surface area contributed by atoms with Crippen molar-refractivity contribution in [3.63, 3.8) is 0 Å². The summed E-state index contributed by atoms with van der Waals surface area (Å²) in [6.45, 7) is 3.18. The summed E-state index contributed by atoms with van der Waals surface area (Å²) in [6, 6.07) is 2.71. The highest BCUT2D eigenvalue weighted by Crippen LogP contribution is 2.35. The molecule has 2 aromatic heterocycles. The minimum absolute atomic E-state index is 0.195. The molecular formula is C15H18N4O2S. The first-order chi connectivity index (χ1) is 10.6. The van der Waals surface area contributed by atoms with Crippen molar-refractivity contribution < 1.29 is 9.90 Å². The summed E-state index contributed by atoms with van der Waals surface area (Å²) in [5.41, 5.74) is 0. The van der Waals surface area contributed by atoms with Crippen LogP contribution in [0.4, 0.5) is 11.8 Å². The highest BCUT2D eigenvalue weighted by molar-refractivity contribution is 7.16. The topological polar surface area (TPSA) is 78.4 Å². The highest BCUT2D eigenvalue weighted by Gasteiger charge is 2.35. The smallest absolute Gasteiger partial charge is 0.306 e. The maximum absolute atomic E-state index is 10.9. The van der Waals surface area contributed by atoms with Crippen LogP contribution in [-0.2, 0) is 4.79 Å². The molecule has 4 rings (SSSR count). The Balaban J connectivity index is 1.59. The van der Waals surface area contributed by atoms with Crippen molar-refractivity contribution in [3.8, 4) is 0 Å². The second-order valence-corrected chi connectivity index (χ2v) is 7.09. The first kappa shape index (κ1) is 13.8. The Morgan fingerprint density at radius 1 is 1.45 bits per heavy atom. The Kier molecular flexibility index (Phi) is 3.18. The Labute approximate surface area is 132 Å². The normalized spacial score (nSPS) is 27.3. The third-order valence-electron chi connectivity index (χ3n) is 4.72. The van der Waals surface area contributed by atoms with Crippen molar-refractivity contribution in [2.45, 2.75) is 38.3 Å². The van der Waals surface area contributed by atoms with Crippen LogP contribution in [0, 0.1) is 5.92 Å². The minimum atomic E-state index is -0.698. The number of nitrogens with zero attached hydrogens (tertiary/aromatic N) is 3. The van der Waals surface area contributed by atoms with E-state index in [1.54, 1.807) is 11.3 Å². The standard InChI is InChI=1S/C15H18N4O2S/c1-8-2-4-19(8)15-17-12(11-3-5-22-13(11)18-15)16-10-6-9(7-10)14(20)21/h3,5,8-10H,2,4,6-7H2,1H3,(H,20,21)(H,16,17,18)/t8-,9?,10?/m0/s1. The molecule has 2 aromatic rings. The summed E-state index contributed by atoms with van der Waals surface area (Å²) >= 11 is 1.62. The number of nitrogens with one attached hydrogen (secondary N) is 1. The summed E-state index contributed by atoms with van der Waals surface area (Å²) in [5.74, 6) is 0.711. The van der Waals surface area contributed by atoms with Crippen LogP contribution in [0.5, 0.6) is 0 Å². The van der Waals surface area contributed by atoms with Gasteiger partial charge < -0.3 is 15.3 Å². The molecule has 0 bridgehead atoms. The van der Waals surface area contributed by atoms with Gasteiger partial charge in [-0.15, -0.1) is 11.3 Å². The van der Waals surface area contributed by atoms with Gasteiger partial charge in [-0.1, -0.05) is 0 Å². The van der Waals surface area contributed by atoms with Gasteiger partial charge in [-0.3, -0.25) is 4.79 Å². The Hall–Kier alpha value is -1.89. The van der Waals surface area contributed by atoms with E-state index in [1.165, 1.54) is 6.42 Å². The maximum atomic E-state index is 10.9. The molecule has 0 amide bonds. The van der Waals surface area contributed by atoms with E-state index in [9.17, 15) is 4.79 Å². The van der Waals surface area contributed by atoms with Crippen LogP contribution in [0.2, 0.25) is 0 Å². The van der Waals surface area contributed by atoms with Gasteiger partial charge in [-0.25, -0.2) is 4.98 Å². The second kappa shape index (κ2) is 5.08. The molecule has 3 heterocycles. The van der Waals surface area contributed by atoms with E-state index < -0.39 is 5.97 Å². The minimum Gasteiger partial charge on any atom is -0.481 e. The van der Waals surface area contributed by atoms with Crippen molar-refractivity contribution in [2.75, 3.05) is 16.8 Å². The predicted octanol–water partition coefficient (Wildman–Crippen LogP) is 2.57. The third-order valence-corrected chi connectivity index (χ3v) is 5.52. The van der Waals surface area contributed by atoms with Gasteiger partial charge in [0.15, 0.2) is 0 Å². The second-order valence-electron chi connectivity index (χ2n) is 6.19. The van der Waals surface area contributed by atoms with Crippen molar-refractivity contribution in [1.29, 1.82) is 0 Å². The average Bonchev–Trinajstić information content (AvgIpc) is 2.88. The molecule has 1 atom stereocenters. The van der Waals surface area contributed by atoms with E-state index in [2.05, 4.69) is 22.1 Å². The predicted molar refractivity (Wildman–Crippen MR) is 86.6 cm³/mol. The molecule has 1 saturated heterocycles. The van der Waals surface area contributed by atoms with Gasteiger partial charge in [0.05, 0.1) is 11.3 Å². The van der Waals surface area contributed by atoms with Gasteiger partial charge in [0.2, 0.25) is 5.95 Å². The van der Waals surface area contributed by atoms with Crippen molar-refractivity contribution in [3.05, 3.63) is 11.4 Å². The fraction of sp³-hybridized carbons (Fsp3) is 0.533. The van der Waals surface area contributed by atoms with Gasteiger partial charge in [0, 0.05) is 18.6 Å². The Morgan fingerprint density at radius 3 is 2.91 bits per heavy atom. The molecule has 0 unspecified atom stereocenters. The van der Waals surface area contributed by atoms with E-state index in [0.29, 0.717) is 18.9 Å². The van der Waals surface area contributed by atoms with E-state index in [-0.39, 0.29) is 12.0 Å². The molecular weight excluding hydrogens is 300 g/mol. The number of hydrogen-bond acceptors (Lipinski definition) is 6. The van der Waals surface area contributed by atoms with Crippen LogP contribution in [-0.4, -0.2) is 39.7 Å². The highest BCUT2D eigenvalue weighted by atomic mass is 32.1. The fourth-order valence-electron chi connectivity index (χ4n) is 3.03. The van der Waals surface area contributed by atoms with Gasteiger partial charge in [0.1, 0.15) is 10.6 Å². The molecule has 22 heavy (non-hydrogen) atoms. The molecule has 2 N–H and O–H groups in total. The molecule has 6 nitrogen and oxygen atoms in total. The number of carboxylic acids is 1. The molecule has 2 fully saturated rings. The number of thiophene rings is 1. The average molecular weight is 318 g/mol. The zero-order valence-electron chi connectivity index (χ0n) is 12.3. The number of rotatable bonds is 4. The first-order valence-electron chi connectivity index (χ1n) is 7.63. The molecule has 7 heteroatoms. The maximum Gasteiger partial charge on any atom is 0.306 e. The zero-order valence-corrected chi connectivity index (χ0v) is 13.1. The summed E-state index contributed by atoms with van der Waals surface area (Å²) in [6.07, 6.45) is 2.51. The first-order valence-corrected chi connectivity index (χ1v) is 8.51. The number of aliphatic carboxylic acids is 1. The van der Waals surface area contributed by atoms with Gasteiger partial charge in [-0.05, 0) is 37.6 Å². The summed E-state index contributed by atoms with van der Waals surface area (Å²) in [5, 5.41) is 15.5. The van der Waals surface area contributed by atoms with E-state index in [0.717, 1.165) is 28.5 Å². The molecule has 0 spiro atoms. The summed E-state index contributed by atoms with van der Waals surface area (Å²) in [4.78, 5) is 23.5. The zero-order chi connectivity index (χ0) is 15.3. The SMILES string of the molecule is C[C@H]1CCN1c1nc(NC2CC(C(=O)O)C2)c2ccsc2n1. The van der Waals surface area contributed by atoms with E-state index in [4.69, 9.17) is 10.1 Å². The number of carboxylic acid groups (broad SMARTS) is 1. The monoisotopic (exact) mass is 318 g/mol. The van der Waals surface area contributed by atoms with Crippen LogP contribution < -0.4 is 10.2 Å². The van der Waals surface area contributed by atoms with Crippen LogP contribution in [0.3, 0.4) is 0 Å². The van der Waals surface area contributed by atoms with Gasteiger partial charge >= 0.3 is 5.97 Å². The van der Waals surface area contributed by atoms with Crippen LogP contribution in [0.15, 0.2) is 11.4 Å². The van der Waals surface area contributed by atoms with Gasteiger partial charge in [-0.2, -0.15) is 4.98 Å². The largest absolute Gasteiger partial charge is 0.481 e. The van der Waals surface area contributed by atoms with Crippen molar-refractivity contribution >= 4 is 39.3 Å². The fourth-order valence-corrected chi connectivity index (χ4v) is 3.79. The van der Waals surface area contributed by atoms with Gasteiger partial charge in [0.25, 0.3) is 0 Å². The quantitative estimate of drug-likeness (QED) is 0.902. The lowest BCUT2D eigenvalue weighted by Crippen LogP contribution is -2.46. The molecule has 0 aromatic carbocycles. The lowest BCUT2D eigenvalue weighted by atomic mass is 9.80. The Morgan fingerprint density at radius 2 is 2.27 bits per heavy atom. The number of hydrogen-bond donors (Lipinski definition) is 2. The number of anilines is 2. The Bertz CT molecular complexity index is 725. The van der Waals surface area contributed by atoms with E-state index in [1.807, 2.05) is 11.4 Å². The molecule has 2 aliphatic rings. The number of carbonyl (C=O) groups is 1. The van der Waals surface area contributed by atoms with E-state index >= 15 is 0 Å². The lowest BCUT2D eigenvalue weighted by molar-refractivity contribution is -0.144. The third kappa shape index (κ3) is 2.20. The molecule has 1 aliphatic carbocycles. The molecule has 0 radical (unpaired) electrons. The van der Waals surface area contributed by atoms with Crippen LogP contribution in [0.1, 0.15) is 26.2 Å².